The van der Waals surface area contributed by atoms with E-state index in [4.69, 9.17) is 9.47 Å². The Bertz CT molecular complexity index is 847. The SMILES string of the molecule is CC(=NNC(=O)c1cccc([N+](=O)[O-])c1)c1ccc2c(c1)OCO2. The second-order valence-electron chi connectivity index (χ2n) is 5.01. The van der Waals surface area contributed by atoms with Crippen molar-refractivity contribution in [3.63, 3.8) is 0 Å². The largest absolute Gasteiger partial charge is 0.454 e. The number of carbonyl (C=O) groups is 1. The van der Waals surface area contributed by atoms with E-state index in [1.807, 2.05) is 0 Å². The van der Waals surface area contributed by atoms with Crippen LogP contribution in [0.15, 0.2) is 47.6 Å². The van der Waals surface area contributed by atoms with Gasteiger partial charge in [0.2, 0.25) is 6.79 Å². The number of non-ortho nitro benzene ring substituents is 1. The molecule has 0 bridgehead atoms. The van der Waals surface area contributed by atoms with Gasteiger partial charge in [-0.25, -0.2) is 5.43 Å². The minimum atomic E-state index is -0.558. The first-order valence-electron chi connectivity index (χ1n) is 7.04. The van der Waals surface area contributed by atoms with Gasteiger partial charge in [0, 0.05) is 23.3 Å². The molecule has 0 saturated carbocycles. The van der Waals surface area contributed by atoms with Crippen molar-refractivity contribution in [3.8, 4) is 11.5 Å². The Balaban J connectivity index is 1.74. The van der Waals surface area contributed by atoms with Crippen LogP contribution in [-0.4, -0.2) is 23.3 Å². The van der Waals surface area contributed by atoms with Gasteiger partial charge in [-0.1, -0.05) is 6.07 Å². The van der Waals surface area contributed by atoms with Gasteiger partial charge >= 0.3 is 0 Å². The highest BCUT2D eigenvalue weighted by Crippen LogP contribution is 2.32. The van der Waals surface area contributed by atoms with Crippen LogP contribution in [-0.2, 0) is 0 Å². The Kier molecular flexibility index (Phi) is 4.11. The number of hydrazone groups is 1. The smallest absolute Gasteiger partial charge is 0.271 e. The number of amides is 1. The van der Waals surface area contributed by atoms with E-state index in [1.54, 1.807) is 25.1 Å². The topological polar surface area (TPSA) is 103 Å². The van der Waals surface area contributed by atoms with Crippen LogP contribution in [0.1, 0.15) is 22.8 Å². The molecule has 3 rings (SSSR count). The van der Waals surface area contributed by atoms with Gasteiger partial charge in [-0.15, -0.1) is 0 Å². The van der Waals surface area contributed by atoms with Gasteiger partial charge in [-0.05, 0) is 31.2 Å². The lowest BCUT2D eigenvalue weighted by Gasteiger charge is -2.04. The van der Waals surface area contributed by atoms with E-state index in [1.165, 1.54) is 24.3 Å². The molecule has 0 saturated heterocycles. The van der Waals surface area contributed by atoms with Crippen molar-refractivity contribution in [1.29, 1.82) is 0 Å². The highest BCUT2D eigenvalue weighted by atomic mass is 16.7. The summed E-state index contributed by atoms with van der Waals surface area (Å²) in [6.45, 7) is 1.91. The predicted molar refractivity (Wildman–Crippen MR) is 85.3 cm³/mol. The van der Waals surface area contributed by atoms with Gasteiger partial charge in [0.25, 0.3) is 11.6 Å². The van der Waals surface area contributed by atoms with Gasteiger partial charge in [0.1, 0.15) is 0 Å². The number of carbonyl (C=O) groups excluding carboxylic acids is 1. The zero-order valence-corrected chi connectivity index (χ0v) is 12.7. The van der Waals surface area contributed by atoms with E-state index in [2.05, 4.69) is 10.5 Å². The molecule has 1 amide bonds. The number of nitro groups is 1. The highest BCUT2D eigenvalue weighted by Gasteiger charge is 2.15. The van der Waals surface area contributed by atoms with E-state index in [0.29, 0.717) is 17.2 Å². The number of nitro benzene ring substituents is 1. The van der Waals surface area contributed by atoms with Gasteiger partial charge < -0.3 is 9.47 Å². The Labute approximate surface area is 136 Å². The number of hydrogen-bond donors (Lipinski definition) is 1. The number of hydrogen-bond acceptors (Lipinski definition) is 6. The van der Waals surface area contributed by atoms with E-state index < -0.39 is 10.8 Å². The van der Waals surface area contributed by atoms with Crippen molar-refractivity contribution in [2.75, 3.05) is 6.79 Å². The summed E-state index contributed by atoms with van der Waals surface area (Å²) in [5, 5.41) is 14.8. The summed E-state index contributed by atoms with van der Waals surface area (Å²) in [5.41, 5.74) is 3.72. The van der Waals surface area contributed by atoms with Crippen LogP contribution in [0.4, 0.5) is 5.69 Å². The minimum Gasteiger partial charge on any atom is -0.454 e. The molecule has 2 aromatic carbocycles. The predicted octanol–water partition coefficient (Wildman–Crippen LogP) is 2.48. The fourth-order valence-corrected chi connectivity index (χ4v) is 2.15. The van der Waals surface area contributed by atoms with Gasteiger partial charge in [-0.2, -0.15) is 5.10 Å². The molecule has 2 aromatic rings. The maximum Gasteiger partial charge on any atom is 0.271 e. The molecular weight excluding hydrogens is 314 g/mol. The molecule has 8 heteroatoms. The average molecular weight is 327 g/mol. The quantitative estimate of drug-likeness (QED) is 0.528. The van der Waals surface area contributed by atoms with Crippen molar-refractivity contribution in [3.05, 3.63) is 63.7 Å². The fourth-order valence-electron chi connectivity index (χ4n) is 2.15. The number of nitrogens with one attached hydrogen (secondary N) is 1. The van der Waals surface area contributed by atoms with Gasteiger partial charge in [0.05, 0.1) is 10.6 Å². The number of benzene rings is 2. The Hall–Kier alpha value is -3.42. The maximum absolute atomic E-state index is 12.1. The number of fused-ring (bicyclic) bond motifs is 1. The normalized spacial score (nSPS) is 12.8. The highest BCUT2D eigenvalue weighted by molar-refractivity contribution is 6.01. The fraction of sp³-hybridized carbons (Fsp3) is 0.125. The molecule has 0 spiro atoms. The Morgan fingerprint density at radius 1 is 1.17 bits per heavy atom. The van der Waals surface area contributed by atoms with Crippen molar-refractivity contribution in [1.82, 2.24) is 5.43 Å². The molecule has 0 atom stereocenters. The first-order chi connectivity index (χ1) is 11.5. The molecule has 0 aromatic heterocycles. The zero-order valence-electron chi connectivity index (χ0n) is 12.7. The molecule has 0 unspecified atom stereocenters. The first-order valence-corrected chi connectivity index (χ1v) is 7.04. The standard InChI is InChI=1S/C16H13N3O5/c1-10(11-5-6-14-15(8-11)24-9-23-14)17-18-16(20)12-3-2-4-13(7-12)19(21)22/h2-8H,9H2,1H3,(H,18,20). The summed E-state index contributed by atoms with van der Waals surface area (Å²) in [6, 6.07) is 10.8. The summed E-state index contributed by atoms with van der Waals surface area (Å²) >= 11 is 0. The summed E-state index contributed by atoms with van der Waals surface area (Å²) in [6.07, 6.45) is 0. The number of nitrogens with zero attached hydrogens (tertiary/aromatic N) is 2. The van der Waals surface area contributed by atoms with E-state index in [0.717, 1.165) is 5.56 Å². The monoisotopic (exact) mass is 327 g/mol. The molecule has 24 heavy (non-hydrogen) atoms. The molecular formula is C16H13N3O5. The van der Waals surface area contributed by atoms with Crippen molar-refractivity contribution in [2.24, 2.45) is 5.10 Å². The molecule has 1 aliphatic heterocycles. The van der Waals surface area contributed by atoms with Crippen molar-refractivity contribution < 1.29 is 19.2 Å². The number of rotatable bonds is 4. The van der Waals surface area contributed by atoms with Crippen LogP contribution in [0.5, 0.6) is 11.5 Å². The lowest BCUT2D eigenvalue weighted by atomic mass is 10.1. The third-order valence-corrected chi connectivity index (χ3v) is 3.43. The minimum absolute atomic E-state index is 0.154. The molecule has 122 valence electrons. The Morgan fingerprint density at radius 3 is 2.75 bits per heavy atom. The van der Waals surface area contributed by atoms with E-state index in [9.17, 15) is 14.9 Å². The molecule has 8 nitrogen and oxygen atoms in total. The molecule has 1 heterocycles. The first kappa shape index (κ1) is 15.5. The summed E-state index contributed by atoms with van der Waals surface area (Å²) in [7, 11) is 0. The molecule has 1 N–H and O–H groups in total. The molecule has 0 fully saturated rings. The average Bonchev–Trinajstić information content (AvgIpc) is 3.07. The second kappa shape index (κ2) is 6.37. The van der Waals surface area contributed by atoms with Crippen LogP contribution < -0.4 is 14.9 Å². The third-order valence-electron chi connectivity index (χ3n) is 3.43. The van der Waals surface area contributed by atoms with Gasteiger partial charge in [-0.3, -0.25) is 14.9 Å². The van der Waals surface area contributed by atoms with Gasteiger partial charge in [0.15, 0.2) is 11.5 Å². The van der Waals surface area contributed by atoms with Crippen molar-refractivity contribution in [2.45, 2.75) is 6.92 Å². The maximum atomic E-state index is 12.1. The van der Waals surface area contributed by atoms with Crippen LogP contribution in [0.3, 0.4) is 0 Å². The van der Waals surface area contributed by atoms with Crippen molar-refractivity contribution >= 4 is 17.3 Å². The van der Waals surface area contributed by atoms with E-state index >= 15 is 0 Å². The number of ether oxygens (including phenoxy) is 2. The second-order valence-corrected chi connectivity index (χ2v) is 5.01. The lowest BCUT2D eigenvalue weighted by Crippen LogP contribution is -2.19. The summed E-state index contributed by atoms with van der Waals surface area (Å²) in [4.78, 5) is 22.2. The van der Waals surface area contributed by atoms with Crippen LogP contribution >= 0.6 is 0 Å². The Morgan fingerprint density at radius 2 is 1.96 bits per heavy atom. The molecule has 0 aliphatic carbocycles. The summed E-state index contributed by atoms with van der Waals surface area (Å²) < 4.78 is 10.5. The molecule has 1 aliphatic rings. The third kappa shape index (κ3) is 3.17. The molecule has 0 radical (unpaired) electrons. The van der Waals surface area contributed by atoms with Crippen LogP contribution in [0.25, 0.3) is 0 Å². The van der Waals surface area contributed by atoms with Crippen LogP contribution in [0.2, 0.25) is 0 Å². The van der Waals surface area contributed by atoms with Crippen LogP contribution in [0, 0.1) is 10.1 Å². The zero-order chi connectivity index (χ0) is 17.1. The summed E-state index contributed by atoms with van der Waals surface area (Å²) in [5.74, 6) is 0.748. The lowest BCUT2D eigenvalue weighted by molar-refractivity contribution is -0.384. The van der Waals surface area contributed by atoms with E-state index in [-0.39, 0.29) is 18.0 Å².